The van der Waals surface area contributed by atoms with E-state index in [9.17, 15) is 9.90 Å². The van der Waals surface area contributed by atoms with Gasteiger partial charge in [0, 0.05) is 12.3 Å². The highest BCUT2D eigenvalue weighted by atomic mass is 16.3. The smallest absolute Gasteiger partial charge is 0.159 e. The fourth-order valence-electron chi connectivity index (χ4n) is 1.32. The lowest BCUT2D eigenvalue weighted by molar-refractivity contribution is -0.115. The van der Waals surface area contributed by atoms with Gasteiger partial charge in [-0.1, -0.05) is 13.0 Å². The van der Waals surface area contributed by atoms with Crippen LogP contribution >= 0.6 is 0 Å². The number of allylic oxidation sites excluding steroid dienone is 1. The SMILES string of the molecule is CC(O)C(C)C1=CCCC1=O. The zero-order chi connectivity index (χ0) is 8.43. The molecular formula is C9H14O2. The lowest BCUT2D eigenvalue weighted by Crippen LogP contribution is -2.18. The molecule has 11 heavy (non-hydrogen) atoms. The Hall–Kier alpha value is -0.630. The van der Waals surface area contributed by atoms with Crippen LogP contribution in [0, 0.1) is 5.92 Å². The number of hydrogen-bond acceptors (Lipinski definition) is 2. The van der Waals surface area contributed by atoms with Crippen LogP contribution in [0.5, 0.6) is 0 Å². The van der Waals surface area contributed by atoms with Crippen molar-refractivity contribution in [3.8, 4) is 0 Å². The number of hydrogen-bond donors (Lipinski definition) is 1. The van der Waals surface area contributed by atoms with Crippen molar-refractivity contribution in [2.24, 2.45) is 5.92 Å². The van der Waals surface area contributed by atoms with Gasteiger partial charge in [0.05, 0.1) is 6.10 Å². The van der Waals surface area contributed by atoms with E-state index in [1.807, 2.05) is 13.0 Å². The van der Waals surface area contributed by atoms with E-state index in [1.54, 1.807) is 6.92 Å². The quantitative estimate of drug-likeness (QED) is 0.650. The van der Waals surface area contributed by atoms with E-state index in [1.165, 1.54) is 0 Å². The average molecular weight is 154 g/mol. The van der Waals surface area contributed by atoms with Gasteiger partial charge in [-0.05, 0) is 18.9 Å². The van der Waals surface area contributed by atoms with Crippen molar-refractivity contribution in [1.29, 1.82) is 0 Å². The monoisotopic (exact) mass is 154 g/mol. The number of carbonyl (C=O) groups is 1. The maximum atomic E-state index is 11.1. The zero-order valence-electron chi connectivity index (χ0n) is 7.00. The second-order valence-corrected chi connectivity index (χ2v) is 3.15. The number of aliphatic hydroxyl groups excluding tert-OH is 1. The molecule has 0 saturated carbocycles. The minimum absolute atomic E-state index is 0.00463. The van der Waals surface area contributed by atoms with Crippen LogP contribution in [-0.4, -0.2) is 17.0 Å². The van der Waals surface area contributed by atoms with Gasteiger partial charge in [0.1, 0.15) is 0 Å². The third-order valence-corrected chi connectivity index (χ3v) is 2.27. The van der Waals surface area contributed by atoms with Crippen molar-refractivity contribution < 1.29 is 9.90 Å². The van der Waals surface area contributed by atoms with Gasteiger partial charge in [0.2, 0.25) is 0 Å². The van der Waals surface area contributed by atoms with Crippen molar-refractivity contribution in [2.45, 2.75) is 32.8 Å². The molecule has 0 aromatic carbocycles. The lowest BCUT2D eigenvalue weighted by Gasteiger charge is -2.14. The summed E-state index contributed by atoms with van der Waals surface area (Å²) in [4.78, 5) is 11.1. The Balaban J connectivity index is 2.67. The van der Waals surface area contributed by atoms with Crippen LogP contribution in [0.4, 0.5) is 0 Å². The first-order valence-corrected chi connectivity index (χ1v) is 4.04. The standard InChI is InChI=1S/C9H14O2/c1-6(7(2)10)8-4-3-5-9(8)11/h4,6-7,10H,3,5H2,1-2H3. The largest absolute Gasteiger partial charge is 0.393 e. The van der Waals surface area contributed by atoms with Crippen LogP contribution in [0.1, 0.15) is 26.7 Å². The van der Waals surface area contributed by atoms with Crippen LogP contribution in [0.3, 0.4) is 0 Å². The first-order valence-electron chi connectivity index (χ1n) is 4.04. The summed E-state index contributed by atoms with van der Waals surface area (Å²) < 4.78 is 0. The molecule has 1 rings (SSSR count). The molecule has 0 amide bonds. The minimum Gasteiger partial charge on any atom is -0.393 e. The Labute approximate surface area is 66.9 Å². The maximum Gasteiger partial charge on any atom is 0.159 e. The Morgan fingerprint density at radius 2 is 2.18 bits per heavy atom. The average Bonchev–Trinajstić information content (AvgIpc) is 2.33. The zero-order valence-corrected chi connectivity index (χ0v) is 7.00. The highest BCUT2D eigenvalue weighted by Gasteiger charge is 2.23. The maximum absolute atomic E-state index is 11.1. The molecule has 1 aliphatic carbocycles. The molecule has 2 atom stereocenters. The Morgan fingerprint density at radius 1 is 1.55 bits per heavy atom. The van der Waals surface area contributed by atoms with Gasteiger partial charge in [0.25, 0.3) is 0 Å². The second kappa shape index (κ2) is 3.18. The highest BCUT2D eigenvalue weighted by molar-refractivity contribution is 5.97. The molecule has 1 aliphatic rings. The molecule has 0 aliphatic heterocycles. The van der Waals surface area contributed by atoms with Gasteiger partial charge in [-0.25, -0.2) is 0 Å². The van der Waals surface area contributed by atoms with Gasteiger partial charge in [0.15, 0.2) is 5.78 Å². The first-order chi connectivity index (χ1) is 5.13. The molecular weight excluding hydrogens is 140 g/mol. The summed E-state index contributed by atoms with van der Waals surface area (Å²) in [7, 11) is 0. The number of ketones is 1. The third-order valence-electron chi connectivity index (χ3n) is 2.27. The van der Waals surface area contributed by atoms with E-state index in [0.29, 0.717) is 6.42 Å². The summed E-state index contributed by atoms with van der Waals surface area (Å²) in [6.07, 6.45) is 3.01. The van der Waals surface area contributed by atoms with Crippen molar-refractivity contribution in [3.63, 3.8) is 0 Å². The number of Topliss-reactive ketones (excluding diaryl/α,β-unsaturated/α-hetero) is 1. The summed E-state index contributed by atoms with van der Waals surface area (Å²) in [5.74, 6) is 0.211. The summed E-state index contributed by atoms with van der Waals surface area (Å²) in [6, 6.07) is 0. The van der Waals surface area contributed by atoms with Crippen molar-refractivity contribution in [1.82, 2.24) is 0 Å². The minimum atomic E-state index is -0.414. The fourth-order valence-corrected chi connectivity index (χ4v) is 1.32. The molecule has 2 unspecified atom stereocenters. The molecule has 2 heteroatoms. The van der Waals surface area contributed by atoms with E-state index in [2.05, 4.69) is 0 Å². The molecule has 2 nitrogen and oxygen atoms in total. The van der Waals surface area contributed by atoms with Crippen LogP contribution in [0.2, 0.25) is 0 Å². The fraction of sp³-hybridized carbons (Fsp3) is 0.667. The topological polar surface area (TPSA) is 37.3 Å². The van der Waals surface area contributed by atoms with E-state index < -0.39 is 6.10 Å². The van der Waals surface area contributed by atoms with Gasteiger partial charge < -0.3 is 5.11 Å². The predicted molar refractivity (Wildman–Crippen MR) is 43.2 cm³/mol. The number of aliphatic hydroxyl groups is 1. The van der Waals surface area contributed by atoms with E-state index in [-0.39, 0.29) is 11.7 Å². The van der Waals surface area contributed by atoms with Gasteiger partial charge in [-0.2, -0.15) is 0 Å². The van der Waals surface area contributed by atoms with Crippen molar-refractivity contribution >= 4 is 5.78 Å². The van der Waals surface area contributed by atoms with E-state index >= 15 is 0 Å². The third kappa shape index (κ3) is 1.69. The molecule has 62 valence electrons. The van der Waals surface area contributed by atoms with E-state index in [0.717, 1.165) is 12.0 Å². The number of rotatable bonds is 2. The molecule has 0 aromatic rings. The number of carbonyl (C=O) groups excluding carboxylic acids is 1. The Morgan fingerprint density at radius 3 is 2.55 bits per heavy atom. The molecule has 0 saturated heterocycles. The van der Waals surface area contributed by atoms with Gasteiger partial charge in [-0.3, -0.25) is 4.79 Å². The first kappa shape index (κ1) is 8.47. The second-order valence-electron chi connectivity index (χ2n) is 3.15. The molecule has 0 radical (unpaired) electrons. The molecule has 0 aromatic heterocycles. The summed E-state index contributed by atoms with van der Waals surface area (Å²) >= 11 is 0. The Kier molecular flexibility index (Phi) is 2.45. The van der Waals surface area contributed by atoms with Crippen LogP contribution in [-0.2, 0) is 4.79 Å². The van der Waals surface area contributed by atoms with Crippen LogP contribution in [0.15, 0.2) is 11.6 Å². The molecule has 0 bridgehead atoms. The lowest BCUT2D eigenvalue weighted by atomic mass is 9.95. The summed E-state index contributed by atoms with van der Waals surface area (Å²) in [5.41, 5.74) is 0.819. The normalized spacial score (nSPS) is 23.2. The molecule has 0 fully saturated rings. The van der Waals surface area contributed by atoms with Crippen LogP contribution < -0.4 is 0 Å². The van der Waals surface area contributed by atoms with Gasteiger partial charge in [-0.15, -0.1) is 0 Å². The Bertz CT molecular complexity index is 192. The molecule has 0 heterocycles. The predicted octanol–water partition coefficient (Wildman–Crippen LogP) is 1.29. The summed E-state index contributed by atoms with van der Waals surface area (Å²) in [5, 5.41) is 9.21. The summed E-state index contributed by atoms with van der Waals surface area (Å²) in [6.45, 7) is 3.61. The van der Waals surface area contributed by atoms with E-state index in [4.69, 9.17) is 0 Å². The molecule has 0 spiro atoms. The highest BCUT2D eigenvalue weighted by Crippen LogP contribution is 2.23. The van der Waals surface area contributed by atoms with Crippen molar-refractivity contribution in [3.05, 3.63) is 11.6 Å². The van der Waals surface area contributed by atoms with Crippen molar-refractivity contribution in [2.75, 3.05) is 0 Å². The van der Waals surface area contributed by atoms with Gasteiger partial charge >= 0.3 is 0 Å². The van der Waals surface area contributed by atoms with Crippen LogP contribution in [0.25, 0.3) is 0 Å². The molecule has 1 N–H and O–H groups in total.